The van der Waals surface area contributed by atoms with Crippen LogP contribution in [-0.4, -0.2) is 12.6 Å². The van der Waals surface area contributed by atoms with Crippen LogP contribution in [0.5, 0.6) is 11.5 Å². The molecule has 104 valence electrons. The van der Waals surface area contributed by atoms with Gasteiger partial charge in [0.1, 0.15) is 5.92 Å². The predicted molar refractivity (Wildman–Crippen MR) is 79.4 cm³/mol. The molecule has 1 atom stereocenters. The topological polar surface area (TPSA) is 59.3 Å². The average Bonchev–Trinajstić information content (AvgIpc) is 2.96. The monoisotopic (exact) mass is 343 g/mol. The molecule has 0 spiro atoms. The number of ether oxygens (including phenoxy) is 2. The van der Waals surface area contributed by atoms with E-state index in [-0.39, 0.29) is 12.6 Å². The van der Waals surface area contributed by atoms with Crippen LogP contribution in [0, 0.1) is 11.3 Å². The Balaban J connectivity index is 1.98. The first-order valence-corrected chi connectivity index (χ1v) is 7.08. The summed E-state index contributed by atoms with van der Waals surface area (Å²) in [5, 5.41) is 9.39. The van der Waals surface area contributed by atoms with E-state index < -0.39 is 5.92 Å². The molecule has 1 unspecified atom stereocenters. The molecule has 0 radical (unpaired) electrons. The fraction of sp³-hybridized carbons (Fsp3) is 0.125. The molecule has 21 heavy (non-hydrogen) atoms. The maximum Gasteiger partial charge on any atom is 0.231 e. The molecule has 0 fully saturated rings. The molecule has 0 aromatic heterocycles. The second-order valence-corrected chi connectivity index (χ2v) is 5.37. The SMILES string of the molecule is N#CC(C(=O)c1ccccc1Br)c1ccc2c(c1)OCO2. The highest BCUT2D eigenvalue weighted by Gasteiger charge is 2.25. The van der Waals surface area contributed by atoms with Crippen molar-refractivity contribution in [3.63, 3.8) is 0 Å². The summed E-state index contributed by atoms with van der Waals surface area (Å²) in [5.74, 6) is 0.0681. The van der Waals surface area contributed by atoms with E-state index in [0.29, 0.717) is 27.1 Å². The average molecular weight is 344 g/mol. The van der Waals surface area contributed by atoms with E-state index in [4.69, 9.17) is 9.47 Å². The van der Waals surface area contributed by atoms with Gasteiger partial charge in [0, 0.05) is 10.0 Å². The van der Waals surface area contributed by atoms with Gasteiger partial charge in [-0.1, -0.05) is 40.2 Å². The number of rotatable bonds is 3. The summed E-state index contributed by atoms with van der Waals surface area (Å²) >= 11 is 3.34. The maximum atomic E-state index is 12.6. The van der Waals surface area contributed by atoms with Crippen LogP contribution < -0.4 is 9.47 Å². The second kappa shape index (κ2) is 5.58. The van der Waals surface area contributed by atoms with Crippen LogP contribution in [0.4, 0.5) is 0 Å². The van der Waals surface area contributed by atoms with E-state index >= 15 is 0 Å². The summed E-state index contributed by atoms with van der Waals surface area (Å²) in [6.07, 6.45) is 0. The minimum Gasteiger partial charge on any atom is -0.454 e. The number of ketones is 1. The number of carbonyl (C=O) groups excluding carboxylic acids is 1. The van der Waals surface area contributed by atoms with Crippen molar-refractivity contribution in [1.82, 2.24) is 0 Å². The van der Waals surface area contributed by atoms with Gasteiger partial charge in [-0.2, -0.15) is 5.26 Å². The van der Waals surface area contributed by atoms with Crippen LogP contribution in [0.1, 0.15) is 21.8 Å². The van der Waals surface area contributed by atoms with Crippen molar-refractivity contribution in [2.45, 2.75) is 5.92 Å². The van der Waals surface area contributed by atoms with Crippen molar-refractivity contribution in [1.29, 1.82) is 5.26 Å². The molecule has 1 heterocycles. The number of fused-ring (bicyclic) bond motifs is 1. The molecule has 4 nitrogen and oxygen atoms in total. The Bertz CT molecular complexity index is 751. The zero-order valence-corrected chi connectivity index (χ0v) is 12.5. The van der Waals surface area contributed by atoms with Gasteiger partial charge in [-0.25, -0.2) is 0 Å². The lowest BCUT2D eigenvalue weighted by Crippen LogP contribution is -2.11. The van der Waals surface area contributed by atoms with Gasteiger partial charge in [0.25, 0.3) is 0 Å². The fourth-order valence-corrected chi connectivity index (χ4v) is 2.67. The third-order valence-electron chi connectivity index (χ3n) is 3.26. The molecule has 1 aliphatic heterocycles. The molecular weight excluding hydrogens is 334 g/mol. The summed E-state index contributed by atoms with van der Waals surface area (Å²) in [6, 6.07) is 14.3. The number of nitrogens with zero attached hydrogens (tertiary/aromatic N) is 1. The van der Waals surface area contributed by atoms with E-state index in [1.165, 1.54) is 0 Å². The Morgan fingerprint density at radius 3 is 2.71 bits per heavy atom. The Kier molecular flexibility index (Phi) is 3.63. The predicted octanol–water partition coefficient (Wildman–Crippen LogP) is 3.67. The Hall–Kier alpha value is -2.32. The molecule has 0 aliphatic carbocycles. The molecular formula is C16H10BrNO3. The third-order valence-corrected chi connectivity index (χ3v) is 3.95. The van der Waals surface area contributed by atoms with Gasteiger partial charge < -0.3 is 9.47 Å². The lowest BCUT2D eigenvalue weighted by Gasteiger charge is -2.10. The lowest BCUT2D eigenvalue weighted by atomic mass is 9.91. The number of nitriles is 1. The Labute approximate surface area is 130 Å². The van der Waals surface area contributed by atoms with E-state index in [1.807, 2.05) is 6.07 Å². The highest BCUT2D eigenvalue weighted by molar-refractivity contribution is 9.10. The molecule has 1 aliphatic rings. The molecule has 5 heteroatoms. The standard InChI is InChI=1S/C16H10BrNO3/c17-13-4-2-1-3-11(13)16(19)12(8-18)10-5-6-14-15(7-10)21-9-20-14/h1-7,12H,9H2. The highest BCUT2D eigenvalue weighted by atomic mass is 79.9. The van der Waals surface area contributed by atoms with E-state index in [0.717, 1.165) is 0 Å². The van der Waals surface area contributed by atoms with Crippen molar-refractivity contribution in [3.05, 3.63) is 58.1 Å². The van der Waals surface area contributed by atoms with Gasteiger partial charge in [-0.05, 0) is 23.8 Å². The molecule has 0 bridgehead atoms. The second-order valence-electron chi connectivity index (χ2n) is 4.52. The summed E-state index contributed by atoms with van der Waals surface area (Å²) in [7, 11) is 0. The van der Waals surface area contributed by atoms with Crippen molar-refractivity contribution in [2.75, 3.05) is 6.79 Å². The maximum absolute atomic E-state index is 12.6. The van der Waals surface area contributed by atoms with Crippen LogP contribution in [0.15, 0.2) is 46.9 Å². The third kappa shape index (κ3) is 2.50. The lowest BCUT2D eigenvalue weighted by molar-refractivity contribution is 0.0978. The van der Waals surface area contributed by atoms with Crippen LogP contribution in [0.3, 0.4) is 0 Å². The smallest absolute Gasteiger partial charge is 0.231 e. The van der Waals surface area contributed by atoms with Crippen molar-refractivity contribution < 1.29 is 14.3 Å². The number of carbonyl (C=O) groups is 1. The molecule has 3 rings (SSSR count). The number of hydrogen-bond acceptors (Lipinski definition) is 4. The van der Waals surface area contributed by atoms with Gasteiger partial charge in [0.15, 0.2) is 17.3 Å². The number of benzene rings is 2. The number of halogens is 1. The Morgan fingerprint density at radius 2 is 1.95 bits per heavy atom. The van der Waals surface area contributed by atoms with E-state index in [9.17, 15) is 10.1 Å². The first-order valence-electron chi connectivity index (χ1n) is 6.28. The largest absolute Gasteiger partial charge is 0.454 e. The highest BCUT2D eigenvalue weighted by Crippen LogP contribution is 2.35. The molecule has 0 N–H and O–H groups in total. The van der Waals surface area contributed by atoms with E-state index in [2.05, 4.69) is 22.0 Å². The van der Waals surface area contributed by atoms with Crippen molar-refractivity contribution in [2.24, 2.45) is 0 Å². The van der Waals surface area contributed by atoms with Gasteiger partial charge in [-0.15, -0.1) is 0 Å². The van der Waals surface area contributed by atoms with Gasteiger partial charge in [-0.3, -0.25) is 4.79 Å². The minimum atomic E-state index is -0.877. The molecule has 2 aromatic rings. The molecule has 2 aromatic carbocycles. The molecule has 0 amide bonds. The summed E-state index contributed by atoms with van der Waals surface area (Å²) in [5.41, 5.74) is 1.09. The van der Waals surface area contributed by atoms with Crippen LogP contribution in [0.25, 0.3) is 0 Å². The van der Waals surface area contributed by atoms with Gasteiger partial charge in [0.05, 0.1) is 6.07 Å². The number of hydrogen-bond donors (Lipinski definition) is 0. The Morgan fingerprint density at radius 1 is 1.19 bits per heavy atom. The number of Topliss-reactive ketones (excluding diaryl/α,β-unsaturated/α-hetero) is 1. The van der Waals surface area contributed by atoms with Crippen molar-refractivity contribution >= 4 is 21.7 Å². The first kappa shape index (κ1) is 13.7. The van der Waals surface area contributed by atoms with Gasteiger partial charge >= 0.3 is 0 Å². The molecule has 0 saturated carbocycles. The van der Waals surface area contributed by atoms with Crippen LogP contribution in [0.2, 0.25) is 0 Å². The fourth-order valence-electron chi connectivity index (χ4n) is 2.19. The quantitative estimate of drug-likeness (QED) is 0.797. The summed E-state index contributed by atoms with van der Waals surface area (Å²) in [4.78, 5) is 12.6. The zero-order valence-electron chi connectivity index (χ0n) is 10.9. The zero-order chi connectivity index (χ0) is 14.8. The summed E-state index contributed by atoms with van der Waals surface area (Å²) in [6.45, 7) is 0.161. The van der Waals surface area contributed by atoms with E-state index in [1.54, 1.807) is 36.4 Å². The minimum absolute atomic E-state index is 0.161. The van der Waals surface area contributed by atoms with Crippen LogP contribution in [-0.2, 0) is 0 Å². The molecule has 0 saturated heterocycles. The van der Waals surface area contributed by atoms with Gasteiger partial charge in [0.2, 0.25) is 6.79 Å². The normalized spacial score (nSPS) is 13.5. The van der Waals surface area contributed by atoms with Crippen LogP contribution >= 0.6 is 15.9 Å². The first-order chi connectivity index (χ1) is 10.2. The summed E-state index contributed by atoms with van der Waals surface area (Å²) < 4.78 is 11.2. The van der Waals surface area contributed by atoms with Crippen molar-refractivity contribution in [3.8, 4) is 17.6 Å².